The number of rotatable bonds is 3. The smallest absolute Gasteiger partial charge is 0.319 e. The van der Waals surface area contributed by atoms with Gasteiger partial charge in [0.1, 0.15) is 47.1 Å². The van der Waals surface area contributed by atoms with E-state index in [1.165, 1.54) is 6.07 Å². The highest BCUT2D eigenvalue weighted by Gasteiger charge is 2.49. The molecule has 5 aliphatic heterocycles. The largest absolute Gasteiger partial charge is 0.461 e. The van der Waals surface area contributed by atoms with Gasteiger partial charge >= 0.3 is 6.01 Å². The third-order valence-electron chi connectivity index (χ3n) is 10.0. The number of ether oxygens (including phenoxy) is 2. The fourth-order valence-electron chi connectivity index (χ4n) is 7.90. The second kappa shape index (κ2) is 11.2. The van der Waals surface area contributed by atoms with E-state index in [0.717, 1.165) is 38.6 Å². The monoisotopic (exact) mass is 619 g/mol. The van der Waals surface area contributed by atoms with Crippen LogP contribution < -0.4 is 15.4 Å². The summed E-state index contributed by atoms with van der Waals surface area (Å²) in [5.74, 6) is -0.418. The molecule has 3 aromatic heterocycles. The molecule has 9 rings (SSSR count). The molecule has 0 unspecified atom stereocenters. The Morgan fingerprint density at radius 2 is 1.96 bits per heavy atom. The van der Waals surface area contributed by atoms with Crippen LogP contribution in [0.15, 0.2) is 24.4 Å². The summed E-state index contributed by atoms with van der Waals surface area (Å²) in [6, 6.07) is 4.73. The predicted octanol–water partition coefficient (Wildman–Crippen LogP) is 5.38. The summed E-state index contributed by atoms with van der Waals surface area (Å²) in [5, 5.41) is 1.55. The van der Waals surface area contributed by atoms with Crippen LogP contribution in [-0.4, -0.2) is 82.0 Å². The predicted molar refractivity (Wildman–Crippen MR) is 165 cm³/mol. The summed E-state index contributed by atoms with van der Waals surface area (Å²) in [4.78, 5) is 22.7. The second-order valence-electron chi connectivity index (χ2n) is 12.9. The molecule has 3 atom stereocenters. The number of nitrogens with zero attached hydrogens (tertiary/aromatic N) is 6. The van der Waals surface area contributed by atoms with E-state index in [4.69, 9.17) is 20.2 Å². The van der Waals surface area contributed by atoms with Crippen molar-refractivity contribution in [3.05, 3.63) is 41.6 Å². The van der Waals surface area contributed by atoms with Crippen LogP contribution in [0.2, 0.25) is 0 Å². The molecule has 236 valence electrons. The third-order valence-corrected chi connectivity index (χ3v) is 10.0. The van der Waals surface area contributed by atoms with Crippen LogP contribution in [0.25, 0.3) is 33.1 Å². The first-order valence-corrected chi connectivity index (χ1v) is 16.0. The van der Waals surface area contributed by atoms with E-state index in [-0.39, 0.29) is 41.4 Å². The van der Waals surface area contributed by atoms with Crippen molar-refractivity contribution >= 4 is 33.3 Å². The van der Waals surface area contributed by atoms with Gasteiger partial charge in [0.15, 0.2) is 5.82 Å². The average Bonchev–Trinajstić information content (AvgIpc) is 3.44. The van der Waals surface area contributed by atoms with Crippen molar-refractivity contribution in [3.63, 3.8) is 0 Å². The maximum Gasteiger partial charge on any atom is 0.319 e. The molecule has 6 bridgehead atoms. The molecular formula is C33H36F3N7O2. The van der Waals surface area contributed by atoms with E-state index in [2.05, 4.69) is 24.8 Å². The van der Waals surface area contributed by atoms with E-state index in [0.29, 0.717) is 73.0 Å². The normalized spacial score (nSPS) is 25.4. The summed E-state index contributed by atoms with van der Waals surface area (Å²) in [5.41, 5.74) is 6.31. The SMILES string of the molecule is Nc1cc2ccc(F)c3c2c(n1)-c1ncc2c(nc(OC[C@@]45CCCN4C[C@H](F)C5)nc2c1F)N1CCCC[C@H](C1)OCCC3. The lowest BCUT2D eigenvalue weighted by molar-refractivity contribution is 0.0526. The lowest BCUT2D eigenvalue weighted by Gasteiger charge is -2.31. The molecule has 0 radical (unpaired) electrons. The fraction of sp³-hybridized carbons (Fsp3) is 0.515. The quantitative estimate of drug-likeness (QED) is 0.324. The molecule has 0 amide bonds. The number of benzene rings is 1. The Morgan fingerprint density at radius 1 is 1.04 bits per heavy atom. The number of aromatic nitrogens is 4. The number of hydrogen-bond donors (Lipinski definition) is 1. The number of fused-ring (bicyclic) bond motifs is 5. The van der Waals surface area contributed by atoms with Crippen molar-refractivity contribution in [2.75, 3.05) is 50.0 Å². The highest BCUT2D eigenvalue weighted by atomic mass is 19.1. The van der Waals surface area contributed by atoms with Crippen molar-refractivity contribution < 1.29 is 22.6 Å². The molecule has 5 aliphatic rings. The Balaban J connectivity index is 1.31. The van der Waals surface area contributed by atoms with E-state index in [1.54, 1.807) is 18.3 Å². The first-order valence-electron chi connectivity index (χ1n) is 16.0. The lowest BCUT2D eigenvalue weighted by atomic mass is 9.95. The summed E-state index contributed by atoms with van der Waals surface area (Å²) in [6.45, 7) is 3.15. The zero-order valence-corrected chi connectivity index (χ0v) is 25.1. The topological polar surface area (TPSA) is 103 Å². The van der Waals surface area contributed by atoms with Crippen molar-refractivity contribution in [1.29, 1.82) is 0 Å². The Labute approximate surface area is 258 Å². The first kappa shape index (κ1) is 28.7. The lowest BCUT2D eigenvalue weighted by Crippen LogP contribution is -2.43. The van der Waals surface area contributed by atoms with Gasteiger partial charge in [0.2, 0.25) is 0 Å². The summed E-state index contributed by atoms with van der Waals surface area (Å²) in [6.07, 6.45) is 6.50. The Hall–Kier alpha value is -3.77. The van der Waals surface area contributed by atoms with Crippen molar-refractivity contribution in [3.8, 4) is 17.4 Å². The Bertz CT molecular complexity index is 1790. The number of anilines is 2. The average molecular weight is 620 g/mol. The van der Waals surface area contributed by atoms with Gasteiger partial charge in [0.25, 0.3) is 0 Å². The van der Waals surface area contributed by atoms with E-state index >= 15 is 8.78 Å². The minimum atomic E-state index is -0.903. The van der Waals surface area contributed by atoms with Gasteiger partial charge in [-0.1, -0.05) is 6.07 Å². The molecule has 4 aromatic rings. The van der Waals surface area contributed by atoms with Gasteiger partial charge < -0.3 is 20.1 Å². The molecule has 45 heavy (non-hydrogen) atoms. The molecule has 3 fully saturated rings. The van der Waals surface area contributed by atoms with Crippen LogP contribution in [-0.2, 0) is 11.2 Å². The molecule has 2 N–H and O–H groups in total. The number of aryl methyl sites for hydroxylation is 1. The summed E-state index contributed by atoms with van der Waals surface area (Å²) < 4.78 is 59.4. The van der Waals surface area contributed by atoms with E-state index in [9.17, 15) is 4.39 Å². The molecule has 0 aliphatic carbocycles. The van der Waals surface area contributed by atoms with Crippen LogP contribution in [0.1, 0.15) is 50.5 Å². The van der Waals surface area contributed by atoms with Crippen LogP contribution in [0.3, 0.4) is 0 Å². The molecule has 9 nitrogen and oxygen atoms in total. The molecule has 0 spiro atoms. The minimum absolute atomic E-state index is 0.0280. The van der Waals surface area contributed by atoms with Gasteiger partial charge in [-0.05, 0) is 74.6 Å². The van der Waals surface area contributed by atoms with Gasteiger partial charge in [-0.2, -0.15) is 9.97 Å². The van der Waals surface area contributed by atoms with Crippen LogP contribution in [0, 0.1) is 11.6 Å². The molecule has 8 heterocycles. The second-order valence-corrected chi connectivity index (χ2v) is 12.9. The third kappa shape index (κ3) is 5.02. The number of hydrogen-bond acceptors (Lipinski definition) is 9. The standard InChI is InChI=1S/C33H36F3N7O2/c34-20-14-33(9-4-11-43(33)16-20)18-45-32-40-28-23-15-38-30(27(28)36)29-26-19(13-25(37)39-29)7-8-24(35)22(26)6-3-12-44-21-5-1-2-10-42(17-21)31(23)41-32/h7-8,13,15,20-21H,1-6,9-12,14,16-18H2,(H2,37,39)/t20-,21-,33+/m1/s1. The molecule has 0 saturated carbocycles. The van der Waals surface area contributed by atoms with Crippen LogP contribution >= 0.6 is 0 Å². The van der Waals surface area contributed by atoms with E-state index < -0.39 is 23.3 Å². The number of alkyl halides is 1. The van der Waals surface area contributed by atoms with Gasteiger partial charge in [0.05, 0.1) is 17.0 Å². The number of halogens is 3. The number of pyridine rings is 2. The summed E-state index contributed by atoms with van der Waals surface area (Å²) >= 11 is 0. The highest BCUT2D eigenvalue weighted by molar-refractivity contribution is 6.00. The van der Waals surface area contributed by atoms with Gasteiger partial charge in [-0.3, -0.25) is 9.88 Å². The van der Waals surface area contributed by atoms with Crippen molar-refractivity contribution in [2.45, 2.75) is 69.2 Å². The van der Waals surface area contributed by atoms with E-state index in [1.807, 2.05) is 0 Å². The van der Waals surface area contributed by atoms with Crippen molar-refractivity contribution in [2.24, 2.45) is 0 Å². The van der Waals surface area contributed by atoms with Crippen LogP contribution in [0.4, 0.5) is 24.8 Å². The van der Waals surface area contributed by atoms with Crippen LogP contribution in [0.5, 0.6) is 6.01 Å². The summed E-state index contributed by atoms with van der Waals surface area (Å²) in [7, 11) is 0. The van der Waals surface area contributed by atoms with Gasteiger partial charge in [-0.15, -0.1) is 0 Å². The highest BCUT2D eigenvalue weighted by Crippen LogP contribution is 2.41. The first-order chi connectivity index (χ1) is 21.9. The molecule has 3 saturated heterocycles. The van der Waals surface area contributed by atoms with Crippen molar-refractivity contribution in [1.82, 2.24) is 24.8 Å². The number of nitrogen functional groups attached to an aromatic ring is 1. The fourth-order valence-corrected chi connectivity index (χ4v) is 7.90. The maximum atomic E-state index is 16.9. The Morgan fingerprint density at radius 3 is 2.87 bits per heavy atom. The zero-order chi connectivity index (χ0) is 30.7. The molecular weight excluding hydrogens is 583 g/mol. The van der Waals surface area contributed by atoms with Gasteiger partial charge in [-0.25, -0.2) is 18.2 Å². The molecule has 12 heteroatoms. The van der Waals surface area contributed by atoms with Gasteiger partial charge in [0, 0.05) is 44.2 Å². The molecule has 1 aromatic carbocycles. The maximum absolute atomic E-state index is 16.9. The Kier molecular flexibility index (Phi) is 7.16. The number of nitrogens with two attached hydrogens (primary N) is 1. The minimum Gasteiger partial charge on any atom is -0.461 e. The zero-order valence-electron chi connectivity index (χ0n) is 25.1.